The molecular weight excluding hydrogens is 300 g/mol. The molecule has 0 saturated heterocycles. The predicted molar refractivity (Wildman–Crippen MR) is 74.9 cm³/mol. The summed E-state index contributed by atoms with van der Waals surface area (Å²) in [6.45, 7) is 2.18. The third-order valence-corrected chi connectivity index (χ3v) is 2.75. The standard InChI is InChI=1S/C10H20N6O6/c1-11-10(6-17)13-8(15(19-2)20-3)12-9(14(10)7-18)16(21-4)22-5/h17-18H,1,6-7H2,2-5H3. The van der Waals surface area contributed by atoms with Crippen molar-refractivity contribution in [2.24, 2.45) is 15.0 Å². The molecule has 2 N–H and O–H groups in total. The first kappa shape index (κ1) is 18.2. The molecule has 0 fully saturated rings. The minimum absolute atomic E-state index is 0.0574. The molecule has 0 saturated carbocycles. The number of aliphatic hydroxyl groups excluding tert-OH is 2. The normalized spacial score (nSPS) is 21.3. The van der Waals surface area contributed by atoms with Crippen LogP contribution in [-0.4, -0.2) is 91.8 Å². The number of aliphatic hydroxyl groups is 2. The van der Waals surface area contributed by atoms with Gasteiger partial charge in [0.05, 0.1) is 28.4 Å². The topological polar surface area (TPSA) is 124 Å². The molecular formula is C10H20N6O6. The molecule has 0 radical (unpaired) electrons. The average Bonchev–Trinajstić information content (AvgIpc) is 2.56. The zero-order chi connectivity index (χ0) is 16.8. The van der Waals surface area contributed by atoms with Gasteiger partial charge in [0.1, 0.15) is 13.3 Å². The highest BCUT2D eigenvalue weighted by atomic mass is 17.0. The van der Waals surface area contributed by atoms with Gasteiger partial charge in [0.2, 0.25) is 0 Å². The lowest BCUT2D eigenvalue weighted by Gasteiger charge is -2.41. The fourth-order valence-corrected chi connectivity index (χ4v) is 1.72. The Morgan fingerprint density at radius 1 is 1.14 bits per heavy atom. The third-order valence-electron chi connectivity index (χ3n) is 2.75. The van der Waals surface area contributed by atoms with Gasteiger partial charge in [0.25, 0.3) is 17.7 Å². The lowest BCUT2D eigenvalue weighted by atomic mass is 10.3. The van der Waals surface area contributed by atoms with E-state index in [0.717, 1.165) is 15.4 Å². The number of aliphatic imine (C=N–C) groups is 3. The zero-order valence-electron chi connectivity index (χ0n) is 12.8. The molecule has 0 amide bonds. The number of nitrogens with zero attached hydrogens (tertiary/aromatic N) is 6. The minimum atomic E-state index is -1.66. The highest BCUT2D eigenvalue weighted by Crippen LogP contribution is 2.25. The van der Waals surface area contributed by atoms with E-state index in [0.29, 0.717) is 0 Å². The summed E-state index contributed by atoms with van der Waals surface area (Å²) in [6, 6.07) is 0. The van der Waals surface area contributed by atoms with Gasteiger partial charge in [-0.05, 0) is 6.72 Å². The van der Waals surface area contributed by atoms with Crippen molar-refractivity contribution in [3.63, 3.8) is 0 Å². The molecule has 12 nitrogen and oxygen atoms in total. The molecule has 1 unspecified atom stereocenters. The van der Waals surface area contributed by atoms with Gasteiger partial charge in [-0.15, -0.1) is 0 Å². The Hall–Kier alpha value is -1.83. The van der Waals surface area contributed by atoms with Crippen LogP contribution in [0.2, 0.25) is 0 Å². The van der Waals surface area contributed by atoms with Crippen LogP contribution in [0.15, 0.2) is 15.0 Å². The van der Waals surface area contributed by atoms with Crippen molar-refractivity contribution in [3.8, 4) is 0 Å². The van der Waals surface area contributed by atoms with Crippen molar-refractivity contribution in [3.05, 3.63) is 0 Å². The molecule has 12 heteroatoms. The highest BCUT2D eigenvalue weighted by molar-refractivity contribution is 5.96. The van der Waals surface area contributed by atoms with Gasteiger partial charge < -0.3 is 10.2 Å². The van der Waals surface area contributed by atoms with E-state index in [1.165, 1.54) is 28.4 Å². The maximum Gasteiger partial charge on any atom is 0.280 e. The molecule has 0 aliphatic carbocycles. The van der Waals surface area contributed by atoms with Crippen molar-refractivity contribution >= 4 is 18.6 Å². The van der Waals surface area contributed by atoms with Crippen molar-refractivity contribution in [2.75, 3.05) is 41.8 Å². The van der Waals surface area contributed by atoms with Gasteiger partial charge in [-0.3, -0.25) is 4.90 Å². The van der Waals surface area contributed by atoms with E-state index < -0.39 is 19.1 Å². The summed E-state index contributed by atoms with van der Waals surface area (Å²) in [6.07, 6.45) is 0. The molecule has 0 spiro atoms. The fraction of sp³-hybridized carbons (Fsp3) is 0.700. The monoisotopic (exact) mass is 320 g/mol. The lowest BCUT2D eigenvalue weighted by Crippen LogP contribution is -2.60. The van der Waals surface area contributed by atoms with Crippen LogP contribution >= 0.6 is 0 Å². The molecule has 1 atom stereocenters. The smallest absolute Gasteiger partial charge is 0.280 e. The van der Waals surface area contributed by atoms with Gasteiger partial charge in [-0.25, -0.2) is 24.3 Å². The second-order valence-corrected chi connectivity index (χ2v) is 3.73. The molecule has 1 rings (SSSR count). The second-order valence-electron chi connectivity index (χ2n) is 3.73. The number of hydroxylamine groups is 4. The summed E-state index contributed by atoms with van der Waals surface area (Å²) in [4.78, 5) is 32.9. The first-order valence-corrected chi connectivity index (χ1v) is 5.99. The van der Waals surface area contributed by atoms with E-state index >= 15 is 0 Å². The van der Waals surface area contributed by atoms with Crippen LogP contribution in [0.3, 0.4) is 0 Å². The van der Waals surface area contributed by atoms with E-state index in [9.17, 15) is 10.2 Å². The molecule has 126 valence electrons. The van der Waals surface area contributed by atoms with Crippen molar-refractivity contribution in [1.29, 1.82) is 0 Å². The summed E-state index contributed by atoms with van der Waals surface area (Å²) in [5, 5.41) is 21.0. The van der Waals surface area contributed by atoms with E-state index in [1.54, 1.807) is 0 Å². The SMILES string of the molecule is C=NC1(CO)N=C(N(OC)OC)N=C(N(OC)OC)N1CO. The lowest BCUT2D eigenvalue weighted by molar-refractivity contribution is -0.299. The maximum absolute atomic E-state index is 9.68. The fourth-order valence-electron chi connectivity index (χ4n) is 1.72. The molecule has 0 aromatic heterocycles. The van der Waals surface area contributed by atoms with Crippen molar-refractivity contribution in [1.82, 2.24) is 15.4 Å². The van der Waals surface area contributed by atoms with Crippen LogP contribution in [0.1, 0.15) is 0 Å². The van der Waals surface area contributed by atoms with E-state index in [2.05, 4.69) is 21.7 Å². The maximum atomic E-state index is 9.68. The number of guanidine groups is 2. The van der Waals surface area contributed by atoms with Gasteiger partial charge in [-0.2, -0.15) is 9.98 Å². The van der Waals surface area contributed by atoms with Crippen LogP contribution in [0, 0.1) is 0 Å². The highest BCUT2D eigenvalue weighted by Gasteiger charge is 2.44. The van der Waals surface area contributed by atoms with Crippen molar-refractivity contribution < 1.29 is 29.6 Å². The summed E-state index contributed by atoms with van der Waals surface area (Å²) >= 11 is 0. The minimum Gasteiger partial charge on any atom is -0.390 e. The Kier molecular flexibility index (Phi) is 6.61. The van der Waals surface area contributed by atoms with Gasteiger partial charge in [0, 0.05) is 0 Å². The van der Waals surface area contributed by atoms with E-state index in [4.69, 9.17) is 19.4 Å². The molecule has 1 aliphatic heterocycles. The first-order valence-electron chi connectivity index (χ1n) is 5.99. The Morgan fingerprint density at radius 2 is 1.68 bits per heavy atom. The molecule has 22 heavy (non-hydrogen) atoms. The Morgan fingerprint density at radius 3 is 2.05 bits per heavy atom. The number of hydrogen-bond acceptors (Lipinski definition) is 12. The van der Waals surface area contributed by atoms with E-state index in [1.807, 2.05) is 0 Å². The first-order chi connectivity index (χ1) is 10.6. The summed E-state index contributed by atoms with van der Waals surface area (Å²) in [5.41, 5.74) is 0. The molecule has 0 bridgehead atoms. The van der Waals surface area contributed by atoms with Gasteiger partial charge in [0.15, 0.2) is 0 Å². The summed E-state index contributed by atoms with van der Waals surface area (Å²) in [5.74, 6) is -1.82. The van der Waals surface area contributed by atoms with Gasteiger partial charge in [-0.1, -0.05) is 10.5 Å². The number of hydrogen-bond donors (Lipinski definition) is 2. The van der Waals surface area contributed by atoms with Crippen molar-refractivity contribution in [2.45, 2.75) is 5.79 Å². The quantitative estimate of drug-likeness (QED) is 0.411. The second kappa shape index (κ2) is 7.98. The predicted octanol–water partition coefficient (Wildman–Crippen LogP) is -1.84. The zero-order valence-corrected chi connectivity index (χ0v) is 12.8. The Labute approximate surface area is 127 Å². The third kappa shape index (κ3) is 3.16. The summed E-state index contributed by atoms with van der Waals surface area (Å²) < 4.78 is 0. The largest absolute Gasteiger partial charge is 0.390 e. The Balaban J connectivity index is 3.43. The van der Waals surface area contributed by atoms with E-state index in [-0.39, 0.29) is 11.9 Å². The van der Waals surface area contributed by atoms with Crippen LogP contribution in [0.4, 0.5) is 0 Å². The molecule has 1 aliphatic rings. The molecule has 1 heterocycles. The van der Waals surface area contributed by atoms with Crippen LogP contribution in [0.25, 0.3) is 0 Å². The van der Waals surface area contributed by atoms with Gasteiger partial charge >= 0.3 is 0 Å². The van der Waals surface area contributed by atoms with Crippen LogP contribution < -0.4 is 0 Å². The molecule has 0 aromatic carbocycles. The van der Waals surface area contributed by atoms with Crippen LogP contribution in [0.5, 0.6) is 0 Å². The molecule has 0 aromatic rings. The van der Waals surface area contributed by atoms with Crippen LogP contribution in [-0.2, 0) is 19.4 Å². The number of rotatable bonds is 7. The summed E-state index contributed by atoms with van der Waals surface area (Å²) in [7, 11) is 5.29. The Bertz CT molecular complexity index is 438. The average molecular weight is 320 g/mol.